The van der Waals surface area contributed by atoms with Crippen LogP contribution in [0.4, 0.5) is 0 Å². The summed E-state index contributed by atoms with van der Waals surface area (Å²) in [5, 5.41) is 3.45. The van der Waals surface area contributed by atoms with Crippen LogP contribution in [0.3, 0.4) is 0 Å². The van der Waals surface area contributed by atoms with Crippen molar-refractivity contribution >= 4 is 28.8 Å². The molecule has 1 aliphatic carbocycles. The minimum atomic E-state index is -0.0508. The molecular formula is C17H20ClN3O2S. The molecule has 24 heavy (non-hydrogen) atoms. The lowest BCUT2D eigenvalue weighted by atomic mass is 9.92. The van der Waals surface area contributed by atoms with Crippen molar-refractivity contribution in [2.24, 2.45) is 5.41 Å². The van der Waals surface area contributed by atoms with Crippen LogP contribution in [0.1, 0.15) is 34.8 Å². The van der Waals surface area contributed by atoms with Gasteiger partial charge in [-0.2, -0.15) is 0 Å². The van der Waals surface area contributed by atoms with Gasteiger partial charge in [-0.15, -0.1) is 11.3 Å². The third-order valence-corrected chi connectivity index (χ3v) is 6.34. The van der Waals surface area contributed by atoms with E-state index < -0.39 is 0 Å². The van der Waals surface area contributed by atoms with Crippen molar-refractivity contribution in [2.75, 3.05) is 20.1 Å². The van der Waals surface area contributed by atoms with Crippen molar-refractivity contribution in [1.29, 1.82) is 0 Å². The Morgan fingerprint density at radius 3 is 2.92 bits per heavy atom. The molecule has 5 nitrogen and oxygen atoms in total. The van der Waals surface area contributed by atoms with Crippen LogP contribution in [0.5, 0.6) is 0 Å². The molecule has 1 aliphatic heterocycles. The maximum atomic E-state index is 12.4. The van der Waals surface area contributed by atoms with Crippen molar-refractivity contribution < 1.29 is 9.21 Å². The average Bonchev–Trinajstić information content (AvgIpc) is 2.95. The lowest BCUT2D eigenvalue weighted by molar-refractivity contribution is 0.0626. The van der Waals surface area contributed by atoms with Gasteiger partial charge in [-0.3, -0.25) is 9.69 Å². The van der Waals surface area contributed by atoms with Crippen LogP contribution in [0.15, 0.2) is 28.1 Å². The molecule has 1 saturated heterocycles. The van der Waals surface area contributed by atoms with Crippen molar-refractivity contribution in [3.05, 3.63) is 39.7 Å². The van der Waals surface area contributed by atoms with E-state index in [1.807, 2.05) is 16.5 Å². The molecule has 1 spiro atoms. The van der Waals surface area contributed by atoms with E-state index in [2.05, 4.69) is 16.9 Å². The number of rotatable bonds is 4. The third-order valence-electron chi connectivity index (χ3n) is 5.38. The summed E-state index contributed by atoms with van der Waals surface area (Å²) < 4.78 is 5.24. The summed E-state index contributed by atoms with van der Waals surface area (Å²) in [5.74, 6) is 0.286. The highest BCUT2D eigenvalue weighted by Crippen LogP contribution is 2.56. The molecule has 7 heteroatoms. The monoisotopic (exact) mass is 365 g/mol. The molecule has 2 aliphatic rings. The van der Waals surface area contributed by atoms with E-state index in [-0.39, 0.29) is 11.1 Å². The predicted octanol–water partition coefficient (Wildman–Crippen LogP) is 3.52. The highest BCUT2D eigenvalue weighted by atomic mass is 35.5. The number of carbonyl (C=O) groups excluding carboxylic acids is 1. The maximum Gasteiger partial charge on any atom is 0.289 e. The van der Waals surface area contributed by atoms with Gasteiger partial charge in [0, 0.05) is 30.7 Å². The third kappa shape index (κ3) is 2.98. The van der Waals surface area contributed by atoms with Gasteiger partial charge in [0.1, 0.15) is 5.01 Å². The summed E-state index contributed by atoms with van der Waals surface area (Å²) in [6.45, 7) is 2.50. The Bertz CT molecular complexity index is 722. The highest BCUT2D eigenvalue weighted by Gasteiger charge is 2.56. The molecular weight excluding hydrogens is 346 g/mol. The molecule has 0 radical (unpaired) electrons. The van der Waals surface area contributed by atoms with Gasteiger partial charge in [0.2, 0.25) is 0 Å². The fourth-order valence-corrected chi connectivity index (χ4v) is 4.71. The average molecular weight is 366 g/mol. The normalized spacial score (nSPS) is 22.3. The molecule has 0 aromatic carbocycles. The zero-order chi connectivity index (χ0) is 16.7. The van der Waals surface area contributed by atoms with E-state index in [9.17, 15) is 4.79 Å². The van der Waals surface area contributed by atoms with Crippen LogP contribution in [-0.4, -0.2) is 46.9 Å². The van der Waals surface area contributed by atoms with Gasteiger partial charge in [0.25, 0.3) is 5.91 Å². The van der Waals surface area contributed by atoms with E-state index >= 15 is 0 Å². The smallest absolute Gasteiger partial charge is 0.289 e. The molecule has 2 aromatic heterocycles. The lowest BCUT2D eigenvalue weighted by Gasteiger charge is -2.33. The van der Waals surface area contributed by atoms with Crippen molar-refractivity contribution in [2.45, 2.75) is 31.8 Å². The second-order valence-electron chi connectivity index (χ2n) is 6.82. The van der Waals surface area contributed by atoms with Crippen molar-refractivity contribution in [3.63, 3.8) is 0 Å². The fraction of sp³-hybridized carbons (Fsp3) is 0.529. The van der Waals surface area contributed by atoms with Gasteiger partial charge < -0.3 is 9.32 Å². The highest BCUT2D eigenvalue weighted by molar-refractivity contribution is 7.09. The number of likely N-dealkylation sites (tertiary alicyclic amines) is 1. The number of amides is 1. The first-order chi connectivity index (χ1) is 11.6. The number of hydrogen-bond acceptors (Lipinski definition) is 5. The number of hydrogen-bond donors (Lipinski definition) is 0. The Hall–Kier alpha value is -1.37. The van der Waals surface area contributed by atoms with Gasteiger partial charge in [-0.05, 0) is 55.5 Å². The van der Waals surface area contributed by atoms with Crippen LogP contribution in [0, 0.1) is 5.41 Å². The second kappa shape index (κ2) is 6.17. The summed E-state index contributed by atoms with van der Waals surface area (Å²) in [7, 11) is 2.18. The van der Waals surface area contributed by atoms with Crippen LogP contribution in [0.2, 0.25) is 5.22 Å². The van der Waals surface area contributed by atoms with Crippen molar-refractivity contribution in [3.8, 4) is 0 Å². The molecule has 2 aromatic rings. The summed E-state index contributed by atoms with van der Waals surface area (Å²) >= 11 is 7.47. The number of piperidine rings is 1. The Labute approximate surface area is 150 Å². The van der Waals surface area contributed by atoms with E-state index in [4.69, 9.17) is 16.0 Å². The Balaban J connectivity index is 1.33. The molecule has 4 rings (SSSR count). The summed E-state index contributed by atoms with van der Waals surface area (Å²) in [6.07, 6.45) is 5.20. The minimum Gasteiger partial charge on any atom is -0.440 e. The topological polar surface area (TPSA) is 49.6 Å². The molecule has 0 bridgehead atoms. The minimum absolute atomic E-state index is 0.0508. The van der Waals surface area contributed by atoms with Gasteiger partial charge in [-0.25, -0.2) is 4.98 Å². The number of carbonyl (C=O) groups is 1. The first-order valence-electron chi connectivity index (χ1n) is 8.21. The first-order valence-corrected chi connectivity index (χ1v) is 9.46. The number of thiazole rings is 1. The zero-order valence-electron chi connectivity index (χ0n) is 13.6. The first kappa shape index (κ1) is 16.1. The molecule has 1 amide bonds. The molecule has 128 valence electrons. The van der Waals surface area contributed by atoms with Gasteiger partial charge in [-0.1, -0.05) is 0 Å². The molecule has 1 saturated carbocycles. The Morgan fingerprint density at radius 1 is 1.50 bits per heavy atom. The summed E-state index contributed by atoms with van der Waals surface area (Å²) in [6, 6.07) is 3.87. The zero-order valence-corrected chi connectivity index (χ0v) is 15.1. The molecule has 0 N–H and O–H groups in total. The Kier molecular flexibility index (Phi) is 4.14. The van der Waals surface area contributed by atoms with Gasteiger partial charge in [0.05, 0.1) is 6.54 Å². The lowest BCUT2D eigenvalue weighted by Crippen LogP contribution is -2.41. The molecule has 2 fully saturated rings. The van der Waals surface area contributed by atoms with E-state index in [1.54, 1.807) is 23.5 Å². The van der Waals surface area contributed by atoms with Crippen molar-refractivity contribution in [1.82, 2.24) is 14.8 Å². The summed E-state index contributed by atoms with van der Waals surface area (Å²) in [5.41, 5.74) is 0.379. The number of furan rings is 1. The van der Waals surface area contributed by atoms with Crippen LogP contribution in [0.25, 0.3) is 0 Å². The van der Waals surface area contributed by atoms with Crippen LogP contribution >= 0.6 is 22.9 Å². The van der Waals surface area contributed by atoms with E-state index in [0.29, 0.717) is 17.2 Å². The second-order valence-corrected chi connectivity index (χ2v) is 8.17. The number of nitrogens with zero attached hydrogens (tertiary/aromatic N) is 3. The number of halogens is 1. The fourth-order valence-electron chi connectivity index (χ4n) is 3.88. The van der Waals surface area contributed by atoms with Gasteiger partial charge in [0.15, 0.2) is 11.0 Å². The number of aromatic nitrogens is 1. The largest absolute Gasteiger partial charge is 0.440 e. The predicted molar refractivity (Wildman–Crippen MR) is 93.3 cm³/mol. The molecule has 0 unspecified atom stereocenters. The van der Waals surface area contributed by atoms with Gasteiger partial charge >= 0.3 is 0 Å². The van der Waals surface area contributed by atoms with Crippen LogP contribution in [-0.2, 0) is 6.54 Å². The summed E-state index contributed by atoms with van der Waals surface area (Å²) in [4.78, 5) is 21.1. The van der Waals surface area contributed by atoms with Crippen LogP contribution < -0.4 is 0 Å². The SMILES string of the molecule is CN(Cc1nccs1)[C@@H]1CC12CCN(C(=O)c1ccc(Cl)o1)CC2. The van der Waals surface area contributed by atoms with E-state index in [0.717, 1.165) is 32.5 Å². The quantitative estimate of drug-likeness (QED) is 0.831. The Morgan fingerprint density at radius 2 is 2.29 bits per heavy atom. The standard InChI is InChI=1S/C17H20ClN3O2S/c1-20(11-15-19-6-9-24-15)13-10-17(13)4-7-21(8-5-17)16(22)12-2-3-14(18)23-12/h2-3,6,9,13H,4-5,7-8,10-11H2,1H3/t13-/m1/s1. The van der Waals surface area contributed by atoms with E-state index in [1.165, 1.54) is 11.4 Å². The molecule has 1 atom stereocenters. The molecule has 3 heterocycles. The maximum absolute atomic E-state index is 12.4.